The summed E-state index contributed by atoms with van der Waals surface area (Å²) >= 11 is 17.7. The normalized spacial score (nSPS) is 12.3. The highest BCUT2D eigenvalue weighted by Gasteiger charge is 2.14. The van der Waals surface area contributed by atoms with Crippen LogP contribution in [0.4, 0.5) is 0 Å². The average Bonchev–Trinajstić information content (AvgIpc) is 2.50. The summed E-state index contributed by atoms with van der Waals surface area (Å²) in [5.74, 6) is 0. The highest BCUT2D eigenvalue weighted by atomic mass is 35.5. The zero-order chi connectivity index (χ0) is 17.0. The lowest BCUT2D eigenvalue weighted by atomic mass is 10.1. The van der Waals surface area contributed by atoms with E-state index in [1.165, 1.54) is 24.3 Å². The number of hydrazone groups is 1. The van der Waals surface area contributed by atoms with E-state index in [1.54, 1.807) is 18.2 Å². The third-order valence-electron chi connectivity index (χ3n) is 3.00. The Labute approximate surface area is 150 Å². The van der Waals surface area contributed by atoms with E-state index in [4.69, 9.17) is 34.8 Å². The number of hydrogen-bond acceptors (Lipinski definition) is 3. The Morgan fingerprint density at radius 1 is 1.04 bits per heavy atom. The highest BCUT2D eigenvalue weighted by Crippen LogP contribution is 2.22. The molecule has 0 saturated carbocycles. The molecule has 0 spiro atoms. The lowest BCUT2D eigenvalue weighted by Gasteiger charge is -2.09. The van der Waals surface area contributed by atoms with Crippen molar-refractivity contribution in [1.82, 2.24) is 4.83 Å². The molecule has 0 aliphatic heterocycles. The summed E-state index contributed by atoms with van der Waals surface area (Å²) < 4.78 is 24.4. The standard InChI is InChI=1S/C15H13Cl3N2O2S/c1-2-15(13-8-5-11(17)9-14(13)18)19-20-23(21,22)12-6-3-10(16)4-7-12/h3-9,20H,2H2,1H3. The molecule has 8 heteroatoms. The molecule has 23 heavy (non-hydrogen) atoms. The van der Waals surface area contributed by atoms with Gasteiger partial charge in [0.25, 0.3) is 10.0 Å². The molecule has 0 fully saturated rings. The molecule has 0 aromatic heterocycles. The Kier molecular flexibility index (Phi) is 5.92. The average molecular weight is 392 g/mol. The Morgan fingerprint density at radius 3 is 2.22 bits per heavy atom. The van der Waals surface area contributed by atoms with Gasteiger partial charge in [-0.05, 0) is 42.8 Å². The molecule has 0 aliphatic rings. The number of benzene rings is 2. The van der Waals surface area contributed by atoms with Crippen LogP contribution in [0.25, 0.3) is 0 Å². The summed E-state index contributed by atoms with van der Waals surface area (Å²) in [4.78, 5) is 2.28. The van der Waals surface area contributed by atoms with Crippen LogP contribution in [0, 0.1) is 0 Å². The number of rotatable bonds is 5. The van der Waals surface area contributed by atoms with Gasteiger partial charge in [0.05, 0.1) is 15.6 Å². The molecule has 4 nitrogen and oxygen atoms in total. The van der Waals surface area contributed by atoms with Crippen LogP contribution in [0.2, 0.25) is 15.1 Å². The van der Waals surface area contributed by atoms with Gasteiger partial charge in [-0.2, -0.15) is 18.4 Å². The topological polar surface area (TPSA) is 58.5 Å². The Bertz CT molecular complexity index is 834. The van der Waals surface area contributed by atoms with Crippen LogP contribution >= 0.6 is 34.8 Å². The number of sulfonamides is 1. The molecule has 2 rings (SSSR count). The minimum absolute atomic E-state index is 0.0725. The molecule has 0 heterocycles. The van der Waals surface area contributed by atoms with Crippen LogP contribution < -0.4 is 4.83 Å². The maximum absolute atomic E-state index is 12.2. The predicted octanol–water partition coefficient (Wildman–Crippen LogP) is 4.74. The van der Waals surface area contributed by atoms with E-state index in [0.717, 1.165) is 0 Å². The van der Waals surface area contributed by atoms with Crippen molar-refractivity contribution < 1.29 is 8.42 Å². The summed E-state index contributed by atoms with van der Waals surface area (Å²) in [5.41, 5.74) is 1.13. The summed E-state index contributed by atoms with van der Waals surface area (Å²) in [6, 6.07) is 10.7. The number of nitrogens with zero attached hydrogens (tertiary/aromatic N) is 1. The Balaban J connectivity index is 2.30. The van der Waals surface area contributed by atoms with Gasteiger partial charge in [-0.15, -0.1) is 0 Å². The summed E-state index contributed by atoms with van der Waals surface area (Å²) in [6.45, 7) is 1.85. The zero-order valence-corrected chi connectivity index (χ0v) is 15.1. The van der Waals surface area contributed by atoms with E-state index in [0.29, 0.717) is 32.8 Å². The van der Waals surface area contributed by atoms with Gasteiger partial charge in [0.15, 0.2) is 0 Å². The Morgan fingerprint density at radius 2 is 1.65 bits per heavy atom. The van der Waals surface area contributed by atoms with Crippen molar-refractivity contribution in [1.29, 1.82) is 0 Å². The Hall–Kier alpha value is -1.27. The summed E-state index contributed by atoms with van der Waals surface area (Å²) in [7, 11) is -3.78. The van der Waals surface area contributed by atoms with Gasteiger partial charge in [-0.25, -0.2) is 0 Å². The van der Waals surface area contributed by atoms with Crippen molar-refractivity contribution in [3.8, 4) is 0 Å². The van der Waals surface area contributed by atoms with Crippen molar-refractivity contribution >= 4 is 50.5 Å². The molecule has 0 unspecified atom stereocenters. The first-order valence-corrected chi connectivity index (χ1v) is 9.24. The number of nitrogens with one attached hydrogen (secondary N) is 1. The quantitative estimate of drug-likeness (QED) is 0.591. The smallest absolute Gasteiger partial charge is 0.200 e. The van der Waals surface area contributed by atoms with Gasteiger partial charge in [0.1, 0.15) is 0 Å². The molecule has 1 N–H and O–H groups in total. The number of hydrogen-bond donors (Lipinski definition) is 1. The molecule has 122 valence electrons. The predicted molar refractivity (Wildman–Crippen MR) is 95.1 cm³/mol. The van der Waals surface area contributed by atoms with Crippen LogP contribution in [-0.4, -0.2) is 14.1 Å². The van der Waals surface area contributed by atoms with Crippen LogP contribution in [0.5, 0.6) is 0 Å². The van der Waals surface area contributed by atoms with E-state index in [-0.39, 0.29) is 4.90 Å². The molecule has 2 aromatic carbocycles. The van der Waals surface area contributed by atoms with Crippen LogP contribution in [0.15, 0.2) is 52.5 Å². The number of halogens is 3. The first-order valence-electron chi connectivity index (χ1n) is 6.63. The molecular weight excluding hydrogens is 379 g/mol. The fraction of sp³-hybridized carbons (Fsp3) is 0.133. The lowest BCUT2D eigenvalue weighted by molar-refractivity contribution is 0.584. The summed E-state index contributed by atoms with van der Waals surface area (Å²) in [6.07, 6.45) is 0.491. The van der Waals surface area contributed by atoms with Crippen LogP contribution in [0.1, 0.15) is 18.9 Å². The SMILES string of the molecule is CCC(=NNS(=O)(=O)c1ccc(Cl)cc1)c1ccc(Cl)cc1Cl. The van der Waals surface area contributed by atoms with E-state index < -0.39 is 10.0 Å². The molecule has 0 aliphatic carbocycles. The fourth-order valence-electron chi connectivity index (χ4n) is 1.83. The first-order chi connectivity index (χ1) is 10.8. The zero-order valence-electron chi connectivity index (χ0n) is 12.1. The van der Waals surface area contributed by atoms with Crippen molar-refractivity contribution in [3.05, 3.63) is 63.1 Å². The van der Waals surface area contributed by atoms with Gasteiger partial charge < -0.3 is 0 Å². The van der Waals surface area contributed by atoms with Gasteiger partial charge in [-0.1, -0.05) is 47.8 Å². The van der Waals surface area contributed by atoms with E-state index in [9.17, 15) is 8.42 Å². The molecule has 0 amide bonds. The summed E-state index contributed by atoms with van der Waals surface area (Å²) in [5, 5.41) is 5.35. The van der Waals surface area contributed by atoms with Gasteiger partial charge >= 0.3 is 0 Å². The van der Waals surface area contributed by atoms with Gasteiger partial charge in [-0.3, -0.25) is 0 Å². The fourth-order valence-corrected chi connectivity index (χ4v) is 3.31. The molecule has 0 bridgehead atoms. The van der Waals surface area contributed by atoms with Crippen LogP contribution in [0.3, 0.4) is 0 Å². The van der Waals surface area contributed by atoms with Crippen molar-refractivity contribution in [2.24, 2.45) is 5.10 Å². The van der Waals surface area contributed by atoms with Gasteiger partial charge in [0.2, 0.25) is 0 Å². The first kappa shape index (κ1) is 18.1. The van der Waals surface area contributed by atoms with Crippen LogP contribution in [-0.2, 0) is 10.0 Å². The molecule has 0 saturated heterocycles. The minimum atomic E-state index is -3.78. The minimum Gasteiger partial charge on any atom is -0.200 e. The third kappa shape index (κ3) is 4.61. The molecular formula is C15H13Cl3N2O2S. The second-order valence-electron chi connectivity index (χ2n) is 4.58. The second-order valence-corrected chi connectivity index (χ2v) is 7.53. The van der Waals surface area contributed by atoms with E-state index in [1.807, 2.05) is 6.92 Å². The monoisotopic (exact) mass is 390 g/mol. The maximum atomic E-state index is 12.2. The lowest BCUT2D eigenvalue weighted by Crippen LogP contribution is -2.20. The maximum Gasteiger partial charge on any atom is 0.276 e. The van der Waals surface area contributed by atoms with Crippen molar-refractivity contribution in [2.45, 2.75) is 18.2 Å². The van der Waals surface area contributed by atoms with Crippen molar-refractivity contribution in [3.63, 3.8) is 0 Å². The molecule has 0 atom stereocenters. The molecule has 2 aromatic rings. The van der Waals surface area contributed by atoms with E-state index >= 15 is 0 Å². The largest absolute Gasteiger partial charge is 0.276 e. The second kappa shape index (κ2) is 7.53. The van der Waals surface area contributed by atoms with E-state index in [2.05, 4.69) is 9.93 Å². The highest BCUT2D eigenvalue weighted by molar-refractivity contribution is 7.89. The van der Waals surface area contributed by atoms with Gasteiger partial charge in [0, 0.05) is 15.6 Å². The third-order valence-corrected chi connectivity index (χ3v) is 5.03. The van der Waals surface area contributed by atoms with Crippen molar-refractivity contribution in [2.75, 3.05) is 0 Å². The molecule has 0 radical (unpaired) electrons.